The number of carbonyl (C=O) groups is 2. The Balaban J connectivity index is 1.54. The molecule has 5 atom stereocenters. The number of aliphatic hydroxyl groups is 4. The summed E-state index contributed by atoms with van der Waals surface area (Å²) in [5, 5.41) is 68.2. The molecule has 2 aromatic rings. The summed E-state index contributed by atoms with van der Waals surface area (Å²) in [7, 11) is 0. The molecule has 0 spiro atoms. The molecule has 2 aliphatic heterocycles. The minimum Gasteiger partial charge on any atom is -0.504 e. The molecule has 192 valence electrons. The lowest BCUT2D eigenvalue weighted by Crippen LogP contribution is -2.60. The molecule has 1 fully saturated rings. The fourth-order valence-electron chi connectivity index (χ4n) is 4.01. The number of rotatable bonds is 7. The number of benzene rings is 1. The zero-order valence-electron chi connectivity index (χ0n) is 18.6. The molecule has 36 heavy (non-hydrogen) atoms. The van der Waals surface area contributed by atoms with Gasteiger partial charge >= 0.3 is 11.9 Å². The number of fused-ring (bicyclic) bond motifs is 1. The van der Waals surface area contributed by atoms with Crippen molar-refractivity contribution in [1.82, 2.24) is 4.98 Å². The molecule has 1 aromatic carbocycles. The number of carboxylic acid groups (broad SMARTS) is 2. The molecule has 2 aliphatic rings. The lowest BCUT2D eigenvalue weighted by Gasteiger charge is -2.39. The SMILES string of the molecule is O=C(O)c1cc(/C=C/N2CCc3cc(O[C@@H]4O[C@H](CO)[C@@H](O)[C@H](O)[C@H]4O)c(O)cc32)cc(C(=O)O)n1. The third kappa shape index (κ3) is 4.96. The molecule has 1 saturated heterocycles. The minimum atomic E-state index is -1.64. The van der Waals surface area contributed by atoms with E-state index in [9.17, 15) is 45.3 Å². The van der Waals surface area contributed by atoms with Crippen molar-refractivity contribution in [3.8, 4) is 11.5 Å². The number of aromatic nitrogens is 1. The number of phenols is 1. The fourth-order valence-corrected chi connectivity index (χ4v) is 4.01. The smallest absolute Gasteiger partial charge is 0.354 e. The highest BCUT2D eigenvalue weighted by molar-refractivity contribution is 5.91. The van der Waals surface area contributed by atoms with Gasteiger partial charge in [-0.1, -0.05) is 0 Å². The van der Waals surface area contributed by atoms with Gasteiger partial charge in [0.2, 0.25) is 6.29 Å². The van der Waals surface area contributed by atoms with E-state index < -0.39 is 60.6 Å². The van der Waals surface area contributed by atoms with E-state index in [0.29, 0.717) is 24.2 Å². The quantitative estimate of drug-likeness (QED) is 0.251. The molecule has 0 unspecified atom stereocenters. The Bertz CT molecular complexity index is 1170. The van der Waals surface area contributed by atoms with Gasteiger partial charge in [0.25, 0.3) is 0 Å². The standard InChI is InChI=1S/C23H24N2O11/c26-9-17-18(28)19(29)20(30)23(36-17)35-16-7-11-2-4-25(14(11)8-15(16)27)3-1-10-5-12(21(31)32)24-13(6-10)22(33)34/h1,3,5-8,17-20,23,26-30H,2,4,9H2,(H,31,32)(H,33,34)/b3-1+/t17-,18-,19+,20-,23-/m1/s1. The average molecular weight is 504 g/mol. The first-order chi connectivity index (χ1) is 17.1. The number of carboxylic acids is 2. The first kappa shape index (κ1) is 25.3. The second kappa shape index (κ2) is 10.1. The maximum Gasteiger partial charge on any atom is 0.354 e. The fraction of sp³-hybridized carbons (Fsp3) is 0.348. The number of pyridine rings is 1. The van der Waals surface area contributed by atoms with Crippen molar-refractivity contribution in [2.45, 2.75) is 37.1 Å². The van der Waals surface area contributed by atoms with E-state index in [4.69, 9.17) is 9.47 Å². The van der Waals surface area contributed by atoms with Gasteiger partial charge in [0.15, 0.2) is 11.5 Å². The molecule has 0 amide bonds. The molecule has 0 saturated carbocycles. The van der Waals surface area contributed by atoms with E-state index in [1.165, 1.54) is 30.3 Å². The molecule has 4 rings (SSSR count). The van der Waals surface area contributed by atoms with Crippen LogP contribution in [-0.2, 0) is 11.2 Å². The van der Waals surface area contributed by atoms with Crippen LogP contribution in [0.4, 0.5) is 5.69 Å². The Hall–Kier alpha value is -3.75. The summed E-state index contributed by atoms with van der Waals surface area (Å²) in [6, 6.07) is 5.40. The third-order valence-electron chi connectivity index (χ3n) is 5.92. The van der Waals surface area contributed by atoms with Gasteiger partial charge in [0.05, 0.1) is 6.61 Å². The summed E-state index contributed by atoms with van der Waals surface area (Å²) in [4.78, 5) is 27.9. The molecule has 7 N–H and O–H groups in total. The number of aromatic carboxylic acids is 2. The Morgan fingerprint density at radius 2 is 1.72 bits per heavy atom. The summed E-state index contributed by atoms with van der Waals surface area (Å²) < 4.78 is 10.9. The van der Waals surface area contributed by atoms with Crippen LogP contribution in [0.2, 0.25) is 0 Å². The molecule has 0 radical (unpaired) electrons. The van der Waals surface area contributed by atoms with E-state index in [1.54, 1.807) is 11.1 Å². The van der Waals surface area contributed by atoms with Gasteiger partial charge in [0.1, 0.15) is 35.8 Å². The summed E-state index contributed by atoms with van der Waals surface area (Å²) in [5.74, 6) is -3.08. The van der Waals surface area contributed by atoms with Crippen LogP contribution in [0.5, 0.6) is 11.5 Å². The van der Waals surface area contributed by atoms with Gasteiger partial charge in [-0.05, 0) is 41.8 Å². The Kier molecular flexibility index (Phi) is 7.10. The van der Waals surface area contributed by atoms with E-state index in [0.717, 1.165) is 5.56 Å². The monoisotopic (exact) mass is 504 g/mol. The summed E-state index contributed by atoms with van der Waals surface area (Å²) in [6.07, 6.45) is -3.78. The molecular formula is C23H24N2O11. The third-order valence-corrected chi connectivity index (χ3v) is 5.92. The van der Waals surface area contributed by atoms with Crippen LogP contribution < -0.4 is 9.64 Å². The predicted molar refractivity (Wildman–Crippen MR) is 121 cm³/mol. The second-order valence-electron chi connectivity index (χ2n) is 8.30. The second-order valence-corrected chi connectivity index (χ2v) is 8.30. The van der Waals surface area contributed by atoms with Crippen LogP contribution in [-0.4, -0.2) is 96.5 Å². The maximum atomic E-state index is 11.3. The number of phenolic OH excluding ortho intramolecular Hbond substituents is 1. The van der Waals surface area contributed by atoms with E-state index in [1.807, 2.05) is 0 Å². The first-order valence-corrected chi connectivity index (χ1v) is 10.9. The van der Waals surface area contributed by atoms with Crippen molar-refractivity contribution in [2.24, 2.45) is 0 Å². The zero-order chi connectivity index (χ0) is 26.1. The van der Waals surface area contributed by atoms with Crippen LogP contribution in [0.1, 0.15) is 32.1 Å². The predicted octanol–water partition coefficient (Wildman–Crippen LogP) is -0.604. The summed E-state index contributed by atoms with van der Waals surface area (Å²) in [6.45, 7) is -0.140. The Morgan fingerprint density at radius 1 is 1.06 bits per heavy atom. The van der Waals surface area contributed by atoms with Gasteiger partial charge in [-0.2, -0.15) is 0 Å². The van der Waals surface area contributed by atoms with E-state index in [-0.39, 0.29) is 11.5 Å². The molecule has 13 heteroatoms. The van der Waals surface area contributed by atoms with Crippen LogP contribution in [0, 0.1) is 0 Å². The highest BCUT2D eigenvalue weighted by Crippen LogP contribution is 2.39. The number of aromatic hydroxyl groups is 1. The van der Waals surface area contributed by atoms with Crippen LogP contribution in [0.25, 0.3) is 6.08 Å². The number of hydrogen-bond acceptors (Lipinski definition) is 11. The van der Waals surface area contributed by atoms with Crippen molar-refractivity contribution in [3.63, 3.8) is 0 Å². The molecule has 1 aromatic heterocycles. The van der Waals surface area contributed by atoms with Crippen molar-refractivity contribution in [2.75, 3.05) is 18.1 Å². The van der Waals surface area contributed by atoms with Gasteiger partial charge in [-0.3, -0.25) is 0 Å². The zero-order valence-corrected chi connectivity index (χ0v) is 18.6. The Labute approximate surface area is 203 Å². The van der Waals surface area contributed by atoms with E-state index in [2.05, 4.69) is 4.98 Å². The molecule has 13 nitrogen and oxygen atoms in total. The first-order valence-electron chi connectivity index (χ1n) is 10.9. The van der Waals surface area contributed by atoms with Crippen molar-refractivity contribution < 1.29 is 54.8 Å². The van der Waals surface area contributed by atoms with Gasteiger partial charge in [-0.25, -0.2) is 14.6 Å². The maximum absolute atomic E-state index is 11.3. The topological polar surface area (TPSA) is 210 Å². The summed E-state index contributed by atoms with van der Waals surface area (Å²) in [5.41, 5.74) is 0.841. The van der Waals surface area contributed by atoms with Gasteiger partial charge in [-0.15, -0.1) is 0 Å². The highest BCUT2D eigenvalue weighted by Gasteiger charge is 2.45. The van der Waals surface area contributed by atoms with E-state index >= 15 is 0 Å². The normalized spacial score (nSPS) is 25.7. The van der Waals surface area contributed by atoms with Crippen molar-refractivity contribution in [3.05, 3.63) is 53.0 Å². The van der Waals surface area contributed by atoms with Crippen LogP contribution in [0.15, 0.2) is 30.5 Å². The number of anilines is 1. The molecule has 0 aliphatic carbocycles. The van der Waals surface area contributed by atoms with Crippen LogP contribution in [0.3, 0.4) is 0 Å². The molecule has 3 heterocycles. The molecular weight excluding hydrogens is 480 g/mol. The highest BCUT2D eigenvalue weighted by atomic mass is 16.7. The van der Waals surface area contributed by atoms with Gasteiger partial charge in [0, 0.05) is 24.5 Å². The number of nitrogens with zero attached hydrogens (tertiary/aromatic N) is 2. The van der Waals surface area contributed by atoms with Crippen LogP contribution >= 0.6 is 0 Å². The summed E-state index contributed by atoms with van der Waals surface area (Å²) >= 11 is 0. The number of ether oxygens (including phenoxy) is 2. The van der Waals surface area contributed by atoms with Crippen molar-refractivity contribution >= 4 is 23.7 Å². The molecule has 0 bridgehead atoms. The lowest BCUT2D eigenvalue weighted by atomic mass is 9.99. The Morgan fingerprint density at radius 3 is 2.33 bits per heavy atom. The number of aliphatic hydroxyl groups excluding tert-OH is 4. The average Bonchev–Trinajstić information content (AvgIpc) is 3.24. The van der Waals surface area contributed by atoms with Crippen molar-refractivity contribution in [1.29, 1.82) is 0 Å². The lowest BCUT2D eigenvalue weighted by molar-refractivity contribution is -0.277. The van der Waals surface area contributed by atoms with Gasteiger partial charge < -0.3 is 50.1 Å². The number of hydrogen-bond donors (Lipinski definition) is 7. The largest absolute Gasteiger partial charge is 0.504 e. The minimum absolute atomic E-state index is 0.0461.